The van der Waals surface area contributed by atoms with Crippen LogP contribution in [-0.4, -0.2) is 19.3 Å². The average Bonchev–Trinajstić information content (AvgIpc) is 2.89. The Hall–Kier alpha value is -1.16. The molecule has 2 rings (SSSR count). The molecule has 0 amide bonds. The maximum Gasteiger partial charge on any atom is 0.0671 e. The van der Waals surface area contributed by atoms with Crippen molar-refractivity contribution in [1.29, 1.82) is 0 Å². The summed E-state index contributed by atoms with van der Waals surface area (Å²) in [4.78, 5) is 2.69. The zero-order chi connectivity index (χ0) is 13.5. The van der Waals surface area contributed by atoms with E-state index in [1.807, 2.05) is 18.3 Å². The minimum Gasteiger partial charge on any atom is -0.377 e. The monoisotopic (exact) mass is 275 g/mol. The van der Waals surface area contributed by atoms with E-state index in [1.54, 1.807) is 0 Å². The fourth-order valence-electron chi connectivity index (χ4n) is 1.97. The highest BCUT2D eigenvalue weighted by Crippen LogP contribution is 2.27. The van der Waals surface area contributed by atoms with Crippen molar-refractivity contribution in [1.82, 2.24) is 5.32 Å². The summed E-state index contributed by atoms with van der Waals surface area (Å²) < 4.78 is 5.50. The normalized spacial score (nSPS) is 12.5. The van der Waals surface area contributed by atoms with Crippen LogP contribution in [-0.2, 0) is 11.3 Å². The molecule has 1 unspecified atom stereocenters. The number of rotatable bonds is 7. The molecular weight excluding hydrogens is 254 g/mol. The number of thiophene rings is 1. The molecule has 0 saturated carbocycles. The highest BCUT2D eigenvalue weighted by atomic mass is 32.1. The lowest BCUT2D eigenvalue weighted by atomic mass is 10.2. The zero-order valence-electron chi connectivity index (χ0n) is 11.6. The Labute approximate surface area is 119 Å². The van der Waals surface area contributed by atoms with Gasteiger partial charge in [0.25, 0.3) is 0 Å². The van der Waals surface area contributed by atoms with Crippen LogP contribution in [0.4, 0.5) is 0 Å². The molecule has 0 radical (unpaired) electrons. The Bertz CT molecular complexity index is 481. The van der Waals surface area contributed by atoms with Crippen molar-refractivity contribution in [2.75, 3.05) is 13.2 Å². The number of benzene rings is 1. The van der Waals surface area contributed by atoms with Crippen LogP contribution in [0.2, 0.25) is 0 Å². The van der Waals surface area contributed by atoms with Crippen LogP contribution in [0.15, 0.2) is 42.5 Å². The van der Waals surface area contributed by atoms with Crippen molar-refractivity contribution in [3.8, 4) is 10.4 Å². The van der Waals surface area contributed by atoms with Crippen LogP contribution >= 0.6 is 11.3 Å². The molecule has 0 aliphatic heterocycles. The average molecular weight is 275 g/mol. The van der Waals surface area contributed by atoms with E-state index in [0.29, 0.717) is 0 Å². The molecule has 2 aromatic rings. The lowest BCUT2D eigenvalue weighted by Gasteiger charge is -2.11. The minimum absolute atomic E-state index is 0.276. The van der Waals surface area contributed by atoms with Gasteiger partial charge in [0, 0.05) is 29.5 Å². The topological polar surface area (TPSA) is 21.3 Å². The fraction of sp³-hybridized carbons (Fsp3) is 0.375. The summed E-state index contributed by atoms with van der Waals surface area (Å²) >= 11 is 1.85. The van der Waals surface area contributed by atoms with Crippen LogP contribution < -0.4 is 5.32 Å². The van der Waals surface area contributed by atoms with Gasteiger partial charge in [0.2, 0.25) is 0 Å². The summed E-state index contributed by atoms with van der Waals surface area (Å²) in [6.45, 7) is 6.71. The SMILES string of the molecule is CCOC(C)CNCc1ccc(-c2ccccc2)s1. The van der Waals surface area contributed by atoms with Gasteiger partial charge in [0.05, 0.1) is 6.10 Å². The Balaban J connectivity index is 1.85. The summed E-state index contributed by atoms with van der Waals surface area (Å²) in [5.41, 5.74) is 1.29. The molecule has 1 atom stereocenters. The standard InChI is InChI=1S/C16H21NOS/c1-3-18-13(2)11-17-12-15-9-10-16(19-15)14-7-5-4-6-8-14/h4-10,13,17H,3,11-12H2,1-2H3. The van der Waals surface area contributed by atoms with E-state index in [2.05, 4.69) is 54.7 Å². The lowest BCUT2D eigenvalue weighted by Crippen LogP contribution is -2.26. The van der Waals surface area contributed by atoms with Gasteiger partial charge < -0.3 is 10.1 Å². The largest absolute Gasteiger partial charge is 0.377 e. The third-order valence-electron chi connectivity index (χ3n) is 2.90. The van der Waals surface area contributed by atoms with Crippen molar-refractivity contribution in [2.45, 2.75) is 26.5 Å². The van der Waals surface area contributed by atoms with Gasteiger partial charge in [-0.25, -0.2) is 0 Å². The molecule has 1 heterocycles. The van der Waals surface area contributed by atoms with E-state index < -0.39 is 0 Å². The molecule has 1 aromatic carbocycles. The second-order valence-electron chi connectivity index (χ2n) is 4.53. The first kappa shape index (κ1) is 14.3. The molecule has 0 saturated heterocycles. The molecule has 0 aliphatic rings. The maximum atomic E-state index is 5.50. The van der Waals surface area contributed by atoms with Gasteiger partial charge in [-0.2, -0.15) is 0 Å². The molecule has 102 valence electrons. The molecule has 2 nitrogen and oxygen atoms in total. The summed E-state index contributed by atoms with van der Waals surface area (Å²) in [6.07, 6.45) is 0.276. The Morgan fingerprint density at radius 3 is 2.68 bits per heavy atom. The van der Waals surface area contributed by atoms with E-state index >= 15 is 0 Å². The predicted molar refractivity (Wildman–Crippen MR) is 82.5 cm³/mol. The molecule has 1 N–H and O–H groups in total. The van der Waals surface area contributed by atoms with Crippen LogP contribution in [0.3, 0.4) is 0 Å². The van der Waals surface area contributed by atoms with Gasteiger partial charge in [0.1, 0.15) is 0 Å². The number of ether oxygens (including phenoxy) is 1. The van der Waals surface area contributed by atoms with Gasteiger partial charge in [-0.3, -0.25) is 0 Å². The van der Waals surface area contributed by atoms with Gasteiger partial charge in [-0.1, -0.05) is 30.3 Å². The molecule has 3 heteroatoms. The highest BCUT2D eigenvalue weighted by Gasteiger charge is 2.04. The van der Waals surface area contributed by atoms with E-state index in [0.717, 1.165) is 19.7 Å². The van der Waals surface area contributed by atoms with Crippen molar-refractivity contribution in [3.63, 3.8) is 0 Å². The molecule has 0 spiro atoms. The highest BCUT2D eigenvalue weighted by molar-refractivity contribution is 7.15. The summed E-state index contributed by atoms with van der Waals surface area (Å²) in [7, 11) is 0. The number of hydrogen-bond donors (Lipinski definition) is 1. The molecule has 0 bridgehead atoms. The van der Waals surface area contributed by atoms with Crippen LogP contribution in [0.1, 0.15) is 18.7 Å². The Morgan fingerprint density at radius 1 is 1.16 bits per heavy atom. The van der Waals surface area contributed by atoms with E-state index in [-0.39, 0.29) is 6.10 Å². The van der Waals surface area contributed by atoms with E-state index in [1.165, 1.54) is 15.3 Å². The van der Waals surface area contributed by atoms with Gasteiger partial charge >= 0.3 is 0 Å². The van der Waals surface area contributed by atoms with Crippen LogP contribution in [0.5, 0.6) is 0 Å². The van der Waals surface area contributed by atoms with Crippen molar-refractivity contribution in [3.05, 3.63) is 47.3 Å². The molecule has 1 aromatic heterocycles. The van der Waals surface area contributed by atoms with Gasteiger partial charge in [-0.15, -0.1) is 11.3 Å². The first-order valence-electron chi connectivity index (χ1n) is 6.76. The van der Waals surface area contributed by atoms with Gasteiger partial charge in [0.15, 0.2) is 0 Å². The second-order valence-corrected chi connectivity index (χ2v) is 5.70. The molecular formula is C16H21NOS. The first-order valence-corrected chi connectivity index (χ1v) is 7.57. The predicted octanol–water partition coefficient (Wildman–Crippen LogP) is 3.93. The smallest absolute Gasteiger partial charge is 0.0671 e. The first-order chi connectivity index (χ1) is 9.29. The Kier molecular flexibility index (Phi) is 5.58. The van der Waals surface area contributed by atoms with Crippen LogP contribution in [0, 0.1) is 0 Å². The fourth-order valence-corrected chi connectivity index (χ4v) is 2.96. The van der Waals surface area contributed by atoms with Crippen LogP contribution in [0.25, 0.3) is 10.4 Å². The molecule has 19 heavy (non-hydrogen) atoms. The number of nitrogens with one attached hydrogen (secondary N) is 1. The van der Waals surface area contributed by atoms with Gasteiger partial charge in [-0.05, 0) is 31.5 Å². The molecule has 0 aliphatic carbocycles. The Morgan fingerprint density at radius 2 is 1.95 bits per heavy atom. The quantitative estimate of drug-likeness (QED) is 0.826. The van der Waals surface area contributed by atoms with E-state index in [4.69, 9.17) is 4.74 Å². The summed E-state index contributed by atoms with van der Waals surface area (Å²) in [5, 5.41) is 3.44. The second kappa shape index (κ2) is 7.43. The third-order valence-corrected chi connectivity index (χ3v) is 4.04. The van der Waals surface area contributed by atoms with E-state index in [9.17, 15) is 0 Å². The van der Waals surface area contributed by atoms with Crippen molar-refractivity contribution >= 4 is 11.3 Å². The third kappa shape index (κ3) is 4.46. The summed E-state index contributed by atoms with van der Waals surface area (Å²) in [6, 6.07) is 14.9. The minimum atomic E-state index is 0.276. The lowest BCUT2D eigenvalue weighted by molar-refractivity contribution is 0.0760. The maximum absolute atomic E-state index is 5.50. The number of hydrogen-bond acceptors (Lipinski definition) is 3. The molecule has 0 fully saturated rings. The summed E-state index contributed by atoms with van der Waals surface area (Å²) in [5.74, 6) is 0. The van der Waals surface area contributed by atoms with Crippen molar-refractivity contribution < 1.29 is 4.74 Å². The zero-order valence-corrected chi connectivity index (χ0v) is 12.4. The van der Waals surface area contributed by atoms with Crippen molar-refractivity contribution in [2.24, 2.45) is 0 Å².